The Labute approximate surface area is 109 Å². The fourth-order valence-electron chi connectivity index (χ4n) is 1.82. The van der Waals surface area contributed by atoms with Gasteiger partial charge in [-0.2, -0.15) is 0 Å². The van der Waals surface area contributed by atoms with E-state index in [0.29, 0.717) is 0 Å². The van der Waals surface area contributed by atoms with Crippen LogP contribution in [0.5, 0.6) is 0 Å². The molecule has 1 heterocycles. The summed E-state index contributed by atoms with van der Waals surface area (Å²) in [6.07, 6.45) is 5.44. The Morgan fingerprint density at radius 1 is 1.41 bits per heavy atom. The Morgan fingerprint density at radius 2 is 2.24 bits per heavy atom. The van der Waals surface area contributed by atoms with Crippen molar-refractivity contribution in [3.05, 3.63) is 46.5 Å². The van der Waals surface area contributed by atoms with Gasteiger partial charge >= 0.3 is 0 Å². The first-order valence-corrected chi connectivity index (χ1v) is 6.41. The second-order valence-electron chi connectivity index (χ2n) is 3.96. The Kier molecular flexibility index (Phi) is 3.97. The van der Waals surface area contributed by atoms with E-state index in [4.69, 9.17) is 5.11 Å². The Balaban J connectivity index is 2.29. The quantitative estimate of drug-likeness (QED) is 0.942. The van der Waals surface area contributed by atoms with E-state index in [-0.39, 0.29) is 6.61 Å². The van der Waals surface area contributed by atoms with Crippen molar-refractivity contribution >= 4 is 15.9 Å². The lowest BCUT2D eigenvalue weighted by atomic mass is 10.1. The van der Waals surface area contributed by atoms with Gasteiger partial charge in [0.25, 0.3) is 0 Å². The molecule has 0 amide bonds. The van der Waals surface area contributed by atoms with Crippen LogP contribution >= 0.6 is 15.9 Å². The highest BCUT2D eigenvalue weighted by Crippen LogP contribution is 2.24. The predicted octanol–water partition coefficient (Wildman–Crippen LogP) is 2.87. The number of rotatable bonds is 4. The van der Waals surface area contributed by atoms with Gasteiger partial charge < -0.3 is 9.67 Å². The summed E-state index contributed by atoms with van der Waals surface area (Å²) in [4.78, 5) is 4.22. The standard InChI is InChI=1S/C13H15BrN2O/c1-10-15-6-7-16(10)13-5-4-11(3-2-8-17)9-12(13)14/h4-7,9,17H,2-3,8H2,1H3. The Morgan fingerprint density at radius 3 is 2.82 bits per heavy atom. The van der Waals surface area contributed by atoms with Crippen LogP contribution < -0.4 is 0 Å². The van der Waals surface area contributed by atoms with Crippen LogP contribution in [0.2, 0.25) is 0 Å². The van der Waals surface area contributed by atoms with Crippen LogP contribution in [-0.4, -0.2) is 21.3 Å². The summed E-state index contributed by atoms with van der Waals surface area (Å²) in [5.74, 6) is 0.966. The van der Waals surface area contributed by atoms with E-state index in [1.165, 1.54) is 5.56 Å². The molecule has 0 fully saturated rings. The van der Waals surface area contributed by atoms with E-state index in [1.54, 1.807) is 6.20 Å². The molecule has 1 aromatic heterocycles. The fraction of sp³-hybridized carbons (Fsp3) is 0.308. The first kappa shape index (κ1) is 12.3. The topological polar surface area (TPSA) is 38.0 Å². The van der Waals surface area contributed by atoms with Crippen LogP contribution in [0, 0.1) is 6.92 Å². The minimum Gasteiger partial charge on any atom is -0.396 e. The first-order chi connectivity index (χ1) is 8.22. The largest absolute Gasteiger partial charge is 0.396 e. The highest BCUT2D eigenvalue weighted by Gasteiger charge is 2.05. The molecule has 1 N–H and O–H groups in total. The maximum absolute atomic E-state index is 8.81. The molecule has 0 aliphatic carbocycles. The van der Waals surface area contributed by atoms with Crippen LogP contribution in [0.4, 0.5) is 0 Å². The molecule has 0 unspecified atom stereocenters. The Bertz CT molecular complexity index is 508. The lowest BCUT2D eigenvalue weighted by Gasteiger charge is -2.09. The third-order valence-corrected chi connectivity index (χ3v) is 3.36. The van der Waals surface area contributed by atoms with Gasteiger partial charge in [-0.3, -0.25) is 0 Å². The van der Waals surface area contributed by atoms with Gasteiger partial charge in [-0.25, -0.2) is 4.98 Å². The van der Waals surface area contributed by atoms with Crippen LogP contribution in [0.15, 0.2) is 35.1 Å². The second kappa shape index (κ2) is 5.47. The molecule has 0 radical (unpaired) electrons. The number of imidazole rings is 1. The highest BCUT2D eigenvalue weighted by molar-refractivity contribution is 9.10. The number of halogens is 1. The highest BCUT2D eigenvalue weighted by atomic mass is 79.9. The van der Waals surface area contributed by atoms with Crippen molar-refractivity contribution in [2.75, 3.05) is 6.61 Å². The van der Waals surface area contributed by atoms with Gasteiger partial charge in [0, 0.05) is 23.5 Å². The first-order valence-electron chi connectivity index (χ1n) is 5.62. The average Bonchev–Trinajstić information content (AvgIpc) is 2.73. The van der Waals surface area contributed by atoms with Crippen molar-refractivity contribution in [1.82, 2.24) is 9.55 Å². The summed E-state index contributed by atoms with van der Waals surface area (Å²) in [5.41, 5.74) is 2.32. The van der Waals surface area contributed by atoms with E-state index in [2.05, 4.69) is 39.1 Å². The molecule has 2 rings (SSSR count). The molecule has 4 heteroatoms. The number of aliphatic hydroxyl groups is 1. The lowest BCUT2D eigenvalue weighted by Crippen LogP contribution is -1.98. The molecule has 0 bridgehead atoms. The van der Waals surface area contributed by atoms with Crippen molar-refractivity contribution in [2.45, 2.75) is 19.8 Å². The van der Waals surface area contributed by atoms with E-state index >= 15 is 0 Å². The smallest absolute Gasteiger partial charge is 0.110 e. The number of aromatic nitrogens is 2. The maximum atomic E-state index is 8.81. The molecule has 0 atom stereocenters. The van der Waals surface area contributed by atoms with Crippen molar-refractivity contribution in [3.63, 3.8) is 0 Å². The summed E-state index contributed by atoms with van der Waals surface area (Å²) in [5, 5.41) is 8.81. The number of benzene rings is 1. The third kappa shape index (κ3) is 2.76. The van der Waals surface area contributed by atoms with Crippen LogP contribution in [0.3, 0.4) is 0 Å². The summed E-state index contributed by atoms with van der Waals surface area (Å²) >= 11 is 3.58. The number of aryl methyl sites for hydroxylation is 2. The van der Waals surface area contributed by atoms with Crippen LogP contribution in [0.25, 0.3) is 5.69 Å². The van der Waals surface area contributed by atoms with Crippen molar-refractivity contribution in [1.29, 1.82) is 0 Å². The van der Waals surface area contributed by atoms with Gasteiger partial charge in [0.2, 0.25) is 0 Å². The maximum Gasteiger partial charge on any atom is 0.110 e. The molecule has 0 saturated heterocycles. The van der Waals surface area contributed by atoms with Gasteiger partial charge in [0.1, 0.15) is 5.82 Å². The predicted molar refractivity (Wildman–Crippen MR) is 71.4 cm³/mol. The summed E-state index contributed by atoms with van der Waals surface area (Å²) < 4.78 is 3.09. The normalized spacial score (nSPS) is 10.8. The fourth-order valence-corrected chi connectivity index (χ4v) is 2.43. The summed E-state index contributed by atoms with van der Waals surface area (Å²) in [6, 6.07) is 6.27. The summed E-state index contributed by atoms with van der Waals surface area (Å²) in [6.45, 7) is 2.21. The van der Waals surface area contributed by atoms with E-state index in [1.807, 2.05) is 17.7 Å². The number of nitrogens with zero attached hydrogens (tertiary/aromatic N) is 2. The van der Waals surface area contributed by atoms with E-state index in [0.717, 1.165) is 28.8 Å². The monoisotopic (exact) mass is 294 g/mol. The molecule has 3 nitrogen and oxygen atoms in total. The molecular formula is C13H15BrN2O. The third-order valence-electron chi connectivity index (χ3n) is 2.72. The molecule has 0 aliphatic heterocycles. The Hall–Kier alpha value is -1.13. The number of hydrogen-bond donors (Lipinski definition) is 1. The zero-order valence-corrected chi connectivity index (χ0v) is 11.3. The van der Waals surface area contributed by atoms with Crippen molar-refractivity contribution in [3.8, 4) is 5.69 Å². The number of aliphatic hydroxyl groups excluding tert-OH is 1. The lowest BCUT2D eigenvalue weighted by molar-refractivity contribution is 0.288. The van der Waals surface area contributed by atoms with Gasteiger partial charge in [0.15, 0.2) is 0 Å². The minimum atomic E-state index is 0.236. The molecule has 17 heavy (non-hydrogen) atoms. The molecule has 2 aromatic rings. The molecule has 0 saturated carbocycles. The molecule has 0 aliphatic rings. The average molecular weight is 295 g/mol. The van der Waals surface area contributed by atoms with Crippen LogP contribution in [-0.2, 0) is 6.42 Å². The van der Waals surface area contributed by atoms with E-state index < -0.39 is 0 Å². The summed E-state index contributed by atoms with van der Waals surface area (Å²) in [7, 11) is 0. The zero-order valence-electron chi connectivity index (χ0n) is 9.73. The molecular weight excluding hydrogens is 280 g/mol. The minimum absolute atomic E-state index is 0.236. The van der Waals surface area contributed by atoms with Crippen molar-refractivity contribution in [2.24, 2.45) is 0 Å². The van der Waals surface area contributed by atoms with Crippen LogP contribution in [0.1, 0.15) is 17.8 Å². The number of hydrogen-bond acceptors (Lipinski definition) is 2. The van der Waals surface area contributed by atoms with Gasteiger partial charge in [-0.05, 0) is 53.4 Å². The van der Waals surface area contributed by atoms with Gasteiger partial charge in [0.05, 0.1) is 5.69 Å². The molecule has 90 valence electrons. The van der Waals surface area contributed by atoms with Gasteiger partial charge in [-0.15, -0.1) is 0 Å². The molecule has 0 spiro atoms. The zero-order chi connectivity index (χ0) is 12.3. The SMILES string of the molecule is Cc1nccn1-c1ccc(CCCO)cc1Br. The van der Waals surface area contributed by atoms with E-state index in [9.17, 15) is 0 Å². The van der Waals surface area contributed by atoms with Gasteiger partial charge in [-0.1, -0.05) is 6.07 Å². The second-order valence-corrected chi connectivity index (χ2v) is 4.81. The molecule has 1 aromatic carbocycles. The van der Waals surface area contributed by atoms with Crippen molar-refractivity contribution < 1.29 is 5.11 Å².